The van der Waals surface area contributed by atoms with Gasteiger partial charge in [0, 0.05) is 44.4 Å². The predicted octanol–water partition coefficient (Wildman–Crippen LogP) is 2.09. The summed E-state index contributed by atoms with van der Waals surface area (Å²) in [5.74, 6) is 1.69. The molecule has 136 valence electrons. The van der Waals surface area contributed by atoms with Crippen molar-refractivity contribution in [1.82, 2.24) is 9.21 Å². The fourth-order valence-corrected chi connectivity index (χ4v) is 6.25. The molecule has 3 aliphatic rings. The van der Waals surface area contributed by atoms with E-state index in [0.29, 0.717) is 19.1 Å². The lowest BCUT2D eigenvalue weighted by molar-refractivity contribution is -0.384. The zero-order valence-electron chi connectivity index (χ0n) is 14.1. The standard InChI is InChI=1S/C17H23N3O4S/c21-20(22)15-3-5-16(6-4-15)25(23,24)19-9-7-18(8-10-19)17-12-13-1-2-14(17)11-13/h3-6,13-14,17H,1-2,7-12H2/t13-,14+,17+/m1/s1. The molecule has 8 heteroatoms. The molecular formula is C17H23N3O4S. The van der Waals surface area contributed by atoms with Crippen LogP contribution in [0.3, 0.4) is 0 Å². The van der Waals surface area contributed by atoms with Crippen LogP contribution in [0.25, 0.3) is 0 Å². The summed E-state index contributed by atoms with van der Waals surface area (Å²) in [5.41, 5.74) is -0.0972. The van der Waals surface area contributed by atoms with E-state index in [0.717, 1.165) is 24.9 Å². The van der Waals surface area contributed by atoms with Gasteiger partial charge >= 0.3 is 0 Å². The number of sulfonamides is 1. The van der Waals surface area contributed by atoms with Gasteiger partial charge < -0.3 is 0 Å². The van der Waals surface area contributed by atoms with Crippen LogP contribution in [0, 0.1) is 22.0 Å². The van der Waals surface area contributed by atoms with Crippen molar-refractivity contribution in [2.75, 3.05) is 26.2 Å². The minimum Gasteiger partial charge on any atom is -0.297 e. The lowest BCUT2D eigenvalue weighted by Gasteiger charge is -2.40. The third-order valence-electron chi connectivity index (χ3n) is 6.13. The highest BCUT2D eigenvalue weighted by atomic mass is 32.2. The molecule has 2 aliphatic carbocycles. The Balaban J connectivity index is 1.41. The zero-order chi connectivity index (χ0) is 17.6. The minimum absolute atomic E-state index is 0.0972. The average molecular weight is 365 g/mol. The van der Waals surface area contributed by atoms with E-state index in [9.17, 15) is 18.5 Å². The highest BCUT2D eigenvalue weighted by molar-refractivity contribution is 7.89. The first-order chi connectivity index (χ1) is 11.9. The molecule has 25 heavy (non-hydrogen) atoms. The largest absolute Gasteiger partial charge is 0.297 e. The second kappa shape index (κ2) is 6.34. The number of non-ortho nitro benzene ring substituents is 1. The molecule has 0 aromatic heterocycles. The third-order valence-corrected chi connectivity index (χ3v) is 8.04. The Morgan fingerprint density at radius 2 is 1.68 bits per heavy atom. The van der Waals surface area contributed by atoms with Crippen LogP contribution < -0.4 is 0 Å². The van der Waals surface area contributed by atoms with Gasteiger partial charge in [-0.2, -0.15) is 4.31 Å². The quantitative estimate of drug-likeness (QED) is 0.603. The molecule has 0 amide bonds. The highest BCUT2D eigenvalue weighted by Crippen LogP contribution is 2.46. The van der Waals surface area contributed by atoms with Crippen LogP contribution in [0.15, 0.2) is 29.2 Å². The monoisotopic (exact) mass is 365 g/mol. The van der Waals surface area contributed by atoms with Crippen LogP contribution in [0.5, 0.6) is 0 Å². The van der Waals surface area contributed by atoms with Gasteiger partial charge in [0.15, 0.2) is 0 Å². The number of fused-ring (bicyclic) bond motifs is 2. The molecule has 1 heterocycles. The number of hydrogen-bond donors (Lipinski definition) is 0. The Hall–Kier alpha value is -1.51. The number of nitro groups is 1. The molecule has 3 atom stereocenters. The summed E-state index contributed by atoms with van der Waals surface area (Å²) in [6.07, 6.45) is 5.33. The Morgan fingerprint density at radius 1 is 1.00 bits per heavy atom. The fraction of sp³-hybridized carbons (Fsp3) is 0.647. The van der Waals surface area contributed by atoms with Crippen LogP contribution >= 0.6 is 0 Å². The fourth-order valence-electron chi connectivity index (χ4n) is 4.82. The maximum atomic E-state index is 12.8. The van der Waals surface area contributed by atoms with Crippen molar-refractivity contribution in [3.8, 4) is 0 Å². The summed E-state index contributed by atoms with van der Waals surface area (Å²) in [6, 6.07) is 5.80. The first-order valence-corrected chi connectivity index (χ1v) is 10.4. The first-order valence-electron chi connectivity index (χ1n) is 8.94. The van der Waals surface area contributed by atoms with Crippen molar-refractivity contribution in [3.05, 3.63) is 34.4 Å². The molecule has 0 spiro atoms. The maximum Gasteiger partial charge on any atom is 0.269 e. The molecule has 7 nitrogen and oxygen atoms in total. The molecule has 1 aliphatic heterocycles. The van der Waals surface area contributed by atoms with Crippen LogP contribution in [-0.4, -0.2) is 54.8 Å². The van der Waals surface area contributed by atoms with Gasteiger partial charge in [-0.1, -0.05) is 6.42 Å². The number of nitrogens with zero attached hydrogens (tertiary/aromatic N) is 3. The average Bonchev–Trinajstić information content (AvgIpc) is 3.25. The van der Waals surface area contributed by atoms with E-state index >= 15 is 0 Å². The van der Waals surface area contributed by atoms with E-state index in [2.05, 4.69) is 4.90 Å². The Labute approximate surface area is 147 Å². The number of piperazine rings is 1. The van der Waals surface area contributed by atoms with Crippen LogP contribution in [0.1, 0.15) is 25.7 Å². The van der Waals surface area contributed by atoms with E-state index in [4.69, 9.17) is 0 Å². The second-order valence-corrected chi connectivity index (χ2v) is 9.37. The van der Waals surface area contributed by atoms with Gasteiger partial charge in [-0.05, 0) is 43.2 Å². The Morgan fingerprint density at radius 3 is 2.20 bits per heavy atom. The summed E-state index contributed by atoms with van der Waals surface area (Å²) < 4.78 is 27.0. The number of rotatable bonds is 4. The molecule has 2 bridgehead atoms. The summed E-state index contributed by atoms with van der Waals surface area (Å²) in [4.78, 5) is 12.8. The van der Waals surface area contributed by atoms with Crippen molar-refractivity contribution < 1.29 is 13.3 Å². The summed E-state index contributed by atoms with van der Waals surface area (Å²) in [7, 11) is -3.58. The summed E-state index contributed by atoms with van der Waals surface area (Å²) in [5, 5.41) is 10.7. The van der Waals surface area contributed by atoms with Gasteiger partial charge in [0.2, 0.25) is 10.0 Å². The summed E-state index contributed by atoms with van der Waals surface area (Å²) in [6.45, 7) is 2.54. The molecule has 0 unspecified atom stereocenters. The molecule has 2 saturated carbocycles. The lowest BCUT2D eigenvalue weighted by Crippen LogP contribution is -2.53. The second-order valence-electron chi connectivity index (χ2n) is 7.43. The van der Waals surface area contributed by atoms with Crippen LogP contribution in [0.2, 0.25) is 0 Å². The molecule has 1 aromatic rings. The smallest absolute Gasteiger partial charge is 0.269 e. The van der Waals surface area contributed by atoms with Gasteiger partial charge in [0.1, 0.15) is 0 Å². The van der Waals surface area contributed by atoms with Crippen molar-refractivity contribution >= 4 is 15.7 Å². The molecule has 0 N–H and O–H groups in total. The lowest BCUT2D eigenvalue weighted by atomic mass is 9.93. The summed E-state index contributed by atoms with van der Waals surface area (Å²) >= 11 is 0. The predicted molar refractivity (Wildman–Crippen MR) is 92.7 cm³/mol. The van der Waals surface area contributed by atoms with Crippen molar-refractivity contribution in [3.63, 3.8) is 0 Å². The molecular weight excluding hydrogens is 342 g/mol. The van der Waals surface area contributed by atoms with Crippen molar-refractivity contribution in [2.24, 2.45) is 11.8 Å². The van der Waals surface area contributed by atoms with E-state index in [1.54, 1.807) is 0 Å². The van der Waals surface area contributed by atoms with Crippen LogP contribution in [-0.2, 0) is 10.0 Å². The Kier molecular flexibility index (Phi) is 4.29. The third kappa shape index (κ3) is 3.07. The SMILES string of the molecule is O=[N+]([O-])c1ccc(S(=O)(=O)N2CCN([C@H]3C[C@@H]4CC[C@H]3C4)CC2)cc1. The van der Waals surface area contributed by atoms with E-state index in [1.165, 1.54) is 54.3 Å². The van der Waals surface area contributed by atoms with Crippen molar-refractivity contribution in [2.45, 2.75) is 36.6 Å². The zero-order valence-corrected chi connectivity index (χ0v) is 14.9. The van der Waals surface area contributed by atoms with Gasteiger partial charge in [0.25, 0.3) is 5.69 Å². The van der Waals surface area contributed by atoms with Gasteiger partial charge in [-0.3, -0.25) is 15.0 Å². The van der Waals surface area contributed by atoms with E-state index in [-0.39, 0.29) is 10.6 Å². The molecule has 0 radical (unpaired) electrons. The molecule has 3 fully saturated rings. The molecule has 1 saturated heterocycles. The highest BCUT2D eigenvalue weighted by Gasteiger charge is 2.43. The Bertz CT molecular complexity index is 757. The minimum atomic E-state index is -3.58. The topological polar surface area (TPSA) is 83.8 Å². The number of nitro benzene ring substituents is 1. The maximum absolute atomic E-state index is 12.8. The number of hydrogen-bond acceptors (Lipinski definition) is 5. The van der Waals surface area contributed by atoms with E-state index in [1.807, 2.05) is 0 Å². The van der Waals surface area contributed by atoms with Gasteiger partial charge in [-0.15, -0.1) is 0 Å². The number of benzene rings is 1. The molecule has 1 aromatic carbocycles. The van der Waals surface area contributed by atoms with E-state index < -0.39 is 14.9 Å². The van der Waals surface area contributed by atoms with Gasteiger partial charge in [-0.25, -0.2) is 8.42 Å². The molecule has 4 rings (SSSR count). The van der Waals surface area contributed by atoms with Crippen LogP contribution in [0.4, 0.5) is 5.69 Å². The first kappa shape index (κ1) is 16.9. The van der Waals surface area contributed by atoms with Crippen molar-refractivity contribution in [1.29, 1.82) is 0 Å². The van der Waals surface area contributed by atoms with Gasteiger partial charge in [0.05, 0.1) is 9.82 Å². The normalized spacial score (nSPS) is 30.6.